The molecular weight excluding hydrogens is 452 g/mol. The molecule has 0 fully saturated rings. The normalized spacial score (nSPS) is 14.6. The van der Waals surface area contributed by atoms with Crippen LogP contribution in [0.15, 0.2) is 58.2 Å². The van der Waals surface area contributed by atoms with Gasteiger partial charge in [-0.2, -0.15) is 0 Å². The molecular formula is C25H30N4O4S. The van der Waals surface area contributed by atoms with E-state index in [9.17, 15) is 4.79 Å². The fourth-order valence-corrected chi connectivity index (χ4v) is 4.48. The van der Waals surface area contributed by atoms with Gasteiger partial charge >= 0.3 is 0 Å². The standard InChI is InChI=1S/C25H30N4O4S/c1-4-28(5-2)19-13-11-18(12-14-19)24-26-27-25(33-24)34-17-23(30)29(6-3)15-20-16-31-21-9-7-8-10-22(21)32-20/h7-14,20H,4-6,15-17H2,1-3H3/t20-/m0/s1. The van der Waals surface area contributed by atoms with E-state index in [1.807, 2.05) is 43.3 Å². The number of carbonyl (C=O) groups excluding carboxylic acids is 1. The van der Waals surface area contributed by atoms with Crippen LogP contribution < -0.4 is 14.4 Å². The highest BCUT2D eigenvalue weighted by Gasteiger charge is 2.25. The molecule has 3 aromatic rings. The second-order valence-electron chi connectivity index (χ2n) is 7.81. The van der Waals surface area contributed by atoms with Crippen LogP contribution in [0.2, 0.25) is 0 Å². The maximum absolute atomic E-state index is 12.8. The van der Waals surface area contributed by atoms with Gasteiger partial charge in [-0.15, -0.1) is 10.2 Å². The number of ether oxygens (including phenoxy) is 2. The maximum atomic E-state index is 12.8. The Balaban J connectivity index is 1.30. The Bertz CT molecular complexity index is 1080. The van der Waals surface area contributed by atoms with Gasteiger partial charge in [-0.3, -0.25) is 4.79 Å². The summed E-state index contributed by atoms with van der Waals surface area (Å²) < 4.78 is 17.5. The van der Waals surface area contributed by atoms with Crippen molar-refractivity contribution in [3.05, 3.63) is 48.5 Å². The number of amides is 1. The van der Waals surface area contributed by atoms with Gasteiger partial charge in [0.15, 0.2) is 17.6 Å². The number of thioether (sulfide) groups is 1. The zero-order valence-electron chi connectivity index (χ0n) is 19.8. The average Bonchev–Trinajstić information content (AvgIpc) is 3.36. The fraction of sp³-hybridized carbons (Fsp3) is 0.400. The van der Waals surface area contributed by atoms with Crippen LogP contribution in [0.5, 0.6) is 11.5 Å². The van der Waals surface area contributed by atoms with Crippen molar-refractivity contribution in [2.24, 2.45) is 0 Å². The summed E-state index contributed by atoms with van der Waals surface area (Å²) in [6.45, 7) is 9.57. The van der Waals surface area contributed by atoms with Crippen molar-refractivity contribution in [1.29, 1.82) is 0 Å². The Morgan fingerprint density at radius 2 is 1.74 bits per heavy atom. The van der Waals surface area contributed by atoms with E-state index < -0.39 is 0 Å². The van der Waals surface area contributed by atoms with Crippen molar-refractivity contribution < 1.29 is 18.7 Å². The van der Waals surface area contributed by atoms with E-state index in [-0.39, 0.29) is 17.8 Å². The third-order valence-corrected chi connectivity index (χ3v) is 6.50. The van der Waals surface area contributed by atoms with Gasteiger partial charge in [0.1, 0.15) is 6.61 Å². The molecule has 0 bridgehead atoms. The summed E-state index contributed by atoms with van der Waals surface area (Å²) >= 11 is 1.24. The second kappa shape index (κ2) is 11.3. The van der Waals surface area contributed by atoms with Crippen LogP contribution in [-0.2, 0) is 4.79 Å². The highest BCUT2D eigenvalue weighted by Crippen LogP contribution is 2.31. The summed E-state index contributed by atoms with van der Waals surface area (Å²) in [5.41, 5.74) is 2.01. The first-order valence-electron chi connectivity index (χ1n) is 11.6. The third-order valence-electron chi connectivity index (χ3n) is 5.69. The van der Waals surface area contributed by atoms with Crippen molar-refractivity contribution in [2.45, 2.75) is 32.1 Å². The lowest BCUT2D eigenvalue weighted by atomic mass is 10.2. The average molecular weight is 483 g/mol. The SMILES string of the molecule is CCN(C[C@H]1COc2ccccc2O1)C(=O)CSc1nnc(-c2ccc(N(CC)CC)cc2)o1. The molecule has 0 saturated carbocycles. The van der Waals surface area contributed by atoms with E-state index in [1.54, 1.807) is 4.90 Å². The Kier molecular flexibility index (Phi) is 7.95. The van der Waals surface area contributed by atoms with Crippen LogP contribution in [0.25, 0.3) is 11.5 Å². The monoisotopic (exact) mass is 482 g/mol. The molecule has 0 N–H and O–H groups in total. The lowest BCUT2D eigenvalue weighted by Gasteiger charge is -2.30. The predicted molar refractivity (Wildman–Crippen MR) is 133 cm³/mol. The summed E-state index contributed by atoms with van der Waals surface area (Å²) in [4.78, 5) is 16.8. The summed E-state index contributed by atoms with van der Waals surface area (Å²) in [5, 5.41) is 8.62. The number of benzene rings is 2. The fourth-order valence-electron chi connectivity index (χ4n) is 3.81. The number of nitrogens with zero attached hydrogens (tertiary/aromatic N) is 4. The number of aromatic nitrogens is 2. The molecule has 4 rings (SSSR count). The first kappa shape index (κ1) is 23.9. The molecule has 8 nitrogen and oxygen atoms in total. The molecule has 0 aliphatic carbocycles. The molecule has 1 aromatic heterocycles. The Morgan fingerprint density at radius 3 is 2.44 bits per heavy atom. The van der Waals surface area contributed by atoms with Crippen LogP contribution in [0.4, 0.5) is 5.69 Å². The molecule has 0 spiro atoms. The second-order valence-corrected chi connectivity index (χ2v) is 8.74. The van der Waals surface area contributed by atoms with Gasteiger partial charge in [0.25, 0.3) is 5.22 Å². The van der Waals surface area contributed by atoms with Gasteiger partial charge in [0.05, 0.1) is 12.3 Å². The molecule has 0 saturated heterocycles. The first-order valence-corrected chi connectivity index (χ1v) is 12.6. The first-order chi connectivity index (χ1) is 16.6. The van der Waals surface area contributed by atoms with Crippen molar-refractivity contribution >= 4 is 23.4 Å². The highest BCUT2D eigenvalue weighted by atomic mass is 32.2. The minimum Gasteiger partial charge on any atom is -0.486 e. The molecule has 1 aliphatic heterocycles. The molecule has 2 aromatic carbocycles. The van der Waals surface area contributed by atoms with Crippen molar-refractivity contribution in [3.63, 3.8) is 0 Å². The van der Waals surface area contributed by atoms with Crippen LogP contribution >= 0.6 is 11.8 Å². The molecule has 1 atom stereocenters. The molecule has 2 heterocycles. The van der Waals surface area contributed by atoms with Crippen LogP contribution in [-0.4, -0.2) is 65.6 Å². The number of hydrogen-bond acceptors (Lipinski definition) is 8. The van der Waals surface area contributed by atoms with Gasteiger partial charge in [0.2, 0.25) is 11.8 Å². The van der Waals surface area contributed by atoms with Crippen molar-refractivity contribution in [1.82, 2.24) is 15.1 Å². The quantitative estimate of drug-likeness (QED) is 0.394. The van der Waals surface area contributed by atoms with E-state index >= 15 is 0 Å². The molecule has 1 amide bonds. The minimum absolute atomic E-state index is 0.0155. The number of hydrogen-bond donors (Lipinski definition) is 0. The number of para-hydroxylation sites is 2. The van der Waals surface area contributed by atoms with Crippen molar-refractivity contribution in [2.75, 3.05) is 43.4 Å². The zero-order chi connectivity index (χ0) is 23.9. The van der Waals surface area contributed by atoms with Gasteiger partial charge in [0, 0.05) is 30.9 Å². The molecule has 34 heavy (non-hydrogen) atoms. The summed E-state index contributed by atoms with van der Waals surface area (Å²) in [6, 6.07) is 15.6. The number of likely N-dealkylation sites (N-methyl/N-ethyl adjacent to an activating group) is 1. The smallest absolute Gasteiger partial charge is 0.277 e. The van der Waals surface area contributed by atoms with Crippen molar-refractivity contribution in [3.8, 4) is 23.0 Å². The number of fused-ring (bicyclic) bond motifs is 1. The number of rotatable bonds is 10. The number of anilines is 1. The molecule has 0 unspecified atom stereocenters. The topological polar surface area (TPSA) is 80.9 Å². The molecule has 180 valence electrons. The molecule has 9 heteroatoms. The van der Waals surface area contributed by atoms with Gasteiger partial charge < -0.3 is 23.7 Å². The van der Waals surface area contributed by atoms with Gasteiger partial charge in [-0.25, -0.2) is 0 Å². The number of carbonyl (C=O) groups is 1. The van der Waals surface area contributed by atoms with Crippen LogP contribution in [0.3, 0.4) is 0 Å². The maximum Gasteiger partial charge on any atom is 0.277 e. The van der Waals surface area contributed by atoms with Gasteiger partial charge in [-0.05, 0) is 57.2 Å². The van der Waals surface area contributed by atoms with E-state index in [2.05, 4.69) is 41.1 Å². The van der Waals surface area contributed by atoms with Crippen LogP contribution in [0, 0.1) is 0 Å². The summed E-state index contributed by atoms with van der Waals surface area (Å²) in [7, 11) is 0. The highest BCUT2D eigenvalue weighted by molar-refractivity contribution is 7.99. The van der Waals surface area contributed by atoms with E-state index in [0.29, 0.717) is 36.6 Å². The van der Waals surface area contributed by atoms with Gasteiger partial charge in [-0.1, -0.05) is 23.9 Å². The largest absolute Gasteiger partial charge is 0.486 e. The lowest BCUT2D eigenvalue weighted by molar-refractivity contribution is -0.129. The summed E-state index contributed by atoms with van der Waals surface area (Å²) in [6.07, 6.45) is -0.210. The van der Waals surface area contributed by atoms with E-state index in [1.165, 1.54) is 11.8 Å². The summed E-state index contributed by atoms with van der Waals surface area (Å²) in [5.74, 6) is 2.08. The Morgan fingerprint density at radius 1 is 1.00 bits per heavy atom. The predicted octanol–water partition coefficient (Wildman–Crippen LogP) is 4.36. The Labute approximate surface area is 204 Å². The lowest BCUT2D eigenvalue weighted by Crippen LogP contribution is -2.44. The Hall–Kier alpha value is -3.20. The third kappa shape index (κ3) is 5.64. The van der Waals surface area contributed by atoms with E-state index in [0.717, 1.165) is 30.1 Å². The minimum atomic E-state index is -0.210. The zero-order valence-corrected chi connectivity index (χ0v) is 20.6. The van der Waals surface area contributed by atoms with Crippen LogP contribution in [0.1, 0.15) is 20.8 Å². The van der Waals surface area contributed by atoms with E-state index in [4.69, 9.17) is 13.9 Å². The molecule has 1 aliphatic rings. The molecule has 0 radical (unpaired) electrons.